The number of rotatable bonds is 12. The lowest BCUT2D eigenvalue weighted by Crippen LogP contribution is -2.29. The van der Waals surface area contributed by atoms with Gasteiger partial charge in [-0.15, -0.1) is 4.73 Å². The second-order valence-corrected chi connectivity index (χ2v) is 6.02. The molecule has 0 fully saturated rings. The molecule has 0 saturated heterocycles. The van der Waals surface area contributed by atoms with Crippen LogP contribution in [0.5, 0.6) is 0 Å². The van der Waals surface area contributed by atoms with E-state index < -0.39 is 11.7 Å². The molecule has 1 heterocycles. The van der Waals surface area contributed by atoms with Crippen LogP contribution in [-0.4, -0.2) is 27.3 Å². The van der Waals surface area contributed by atoms with Crippen molar-refractivity contribution in [1.82, 2.24) is 9.71 Å². The van der Waals surface area contributed by atoms with Crippen LogP contribution in [0.2, 0.25) is 0 Å². The van der Waals surface area contributed by atoms with Crippen LogP contribution < -0.4 is 15.8 Å². The van der Waals surface area contributed by atoms with Crippen molar-refractivity contribution < 1.29 is 14.7 Å². The molecule has 0 amide bonds. The van der Waals surface area contributed by atoms with Crippen molar-refractivity contribution in [1.29, 1.82) is 0 Å². The molecule has 0 bridgehead atoms. The zero-order valence-corrected chi connectivity index (χ0v) is 14.8. The molecule has 0 unspecified atom stereocenters. The van der Waals surface area contributed by atoms with E-state index in [4.69, 9.17) is 9.94 Å². The maximum atomic E-state index is 12.0. The molecule has 0 spiro atoms. The molecule has 2 N–H and O–H groups in total. The average molecular weight is 359 g/mol. The lowest BCUT2D eigenvalue weighted by Gasteiger charge is -2.09. The first-order chi connectivity index (χ1) is 12.6. The van der Waals surface area contributed by atoms with E-state index in [-0.39, 0.29) is 6.42 Å². The normalized spacial score (nSPS) is 10.5. The predicted molar refractivity (Wildman–Crippen MR) is 99.1 cm³/mol. The smallest absolute Gasteiger partial charge is 0.382 e. The monoisotopic (exact) mass is 359 g/mol. The van der Waals surface area contributed by atoms with E-state index in [1.807, 2.05) is 30.3 Å². The zero-order chi connectivity index (χ0) is 18.6. The molecule has 2 rings (SSSR count). The summed E-state index contributed by atoms with van der Waals surface area (Å²) in [6, 6.07) is 11.3. The number of nitrogens with zero attached hydrogens (tertiary/aromatic N) is 2. The topological polar surface area (TPSA) is 93.5 Å². The Labute approximate surface area is 152 Å². The minimum atomic E-state index is -0.736. The van der Waals surface area contributed by atoms with Gasteiger partial charge >= 0.3 is 11.7 Å². The maximum absolute atomic E-state index is 12.0. The minimum absolute atomic E-state index is 0.241. The molecule has 0 aliphatic rings. The van der Waals surface area contributed by atoms with Crippen molar-refractivity contribution in [3.8, 4) is 0 Å². The molecular formula is C19H25N3O4. The van der Waals surface area contributed by atoms with Gasteiger partial charge in [-0.25, -0.2) is 4.79 Å². The molecule has 1 aromatic carbocycles. The number of benzene rings is 1. The average Bonchev–Trinajstić information content (AvgIpc) is 2.64. The highest BCUT2D eigenvalue weighted by Crippen LogP contribution is 2.06. The summed E-state index contributed by atoms with van der Waals surface area (Å²) in [5.74, 6) is -0.208. The molecule has 0 atom stereocenters. The SMILES string of the molecule is O=C(O)CCCCCCCNc1ccn(OCc2ccccc2)c(=O)n1. The van der Waals surface area contributed by atoms with Crippen molar-refractivity contribution >= 4 is 11.8 Å². The minimum Gasteiger partial charge on any atom is -0.481 e. The van der Waals surface area contributed by atoms with Crippen molar-refractivity contribution in [3.63, 3.8) is 0 Å². The molecule has 0 aliphatic heterocycles. The van der Waals surface area contributed by atoms with Gasteiger partial charge in [0, 0.05) is 19.0 Å². The van der Waals surface area contributed by atoms with E-state index in [1.165, 1.54) is 0 Å². The second kappa shape index (κ2) is 10.9. The van der Waals surface area contributed by atoms with Crippen LogP contribution in [0, 0.1) is 0 Å². The summed E-state index contributed by atoms with van der Waals surface area (Å²) in [6.45, 7) is 1.03. The number of carboxylic acid groups (broad SMARTS) is 1. The van der Waals surface area contributed by atoms with E-state index in [0.717, 1.165) is 48.9 Å². The highest BCUT2D eigenvalue weighted by atomic mass is 16.7. The van der Waals surface area contributed by atoms with Gasteiger partial charge in [0.2, 0.25) is 0 Å². The van der Waals surface area contributed by atoms with Gasteiger partial charge in [0.25, 0.3) is 0 Å². The number of hydrogen-bond donors (Lipinski definition) is 2. The van der Waals surface area contributed by atoms with Crippen LogP contribution in [0.1, 0.15) is 44.1 Å². The number of hydrogen-bond acceptors (Lipinski definition) is 5. The van der Waals surface area contributed by atoms with Crippen molar-refractivity contribution in [2.24, 2.45) is 0 Å². The van der Waals surface area contributed by atoms with Crippen LogP contribution in [-0.2, 0) is 11.4 Å². The molecule has 7 heteroatoms. The maximum Gasteiger partial charge on any atom is 0.382 e. The molecular weight excluding hydrogens is 334 g/mol. The fourth-order valence-electron chi connectivity index (χ4n) is 2.45. The van der Waals surface area contributed by atoms with Gasteiger partial charge in [-0.05, 0) is 18.4 Å². The standard InChI is InChI=1S/C19H25N3O4/c23-18(24)11-7-2-1-3-8-13-20-17-12-14-22(19(25)21-17)26-15-16-9-5-4-6-10-16/h4-6,9-10,12,14H,1-3,7-8,11,13,15H2,(H,23,24)(H,20,21,25). The van der Waals surface area contributed by atoms with Gasteiger partial charge < -0.3 is 15.3 Å². The Hall–Kier alpha value is -2.83. The summed E-state index contributed by atoms with van der Waals surface area (Å²) in [7, 11) is 0. The molecule has 140 valence electrons. The van der Waals surface area contributed by atoms with Gasteiger partial charge in [-0.1, -0.05) is 49.6 Å². The lowest BCUT2D eigenvalue weighted by molar-refractivity contribution is -0.137. The zero-order valence-electron chi connectivity index (χ0n) is 14.8. The Balaban J connectivity index is 1.65. The van der Waals surface area contributed by atoms with E-state index in [2.05, 4.69) is 10.3 Å². The third-order valence-electron chi connectivity index (χ3n) is 3.86. The number of nitrogens with one attached hydrogen (secondary N) is 1. The molecule has 0 aliphatic carbocycles. The van der Waals surface area contributed by atoms with Gasteiger partial charge in [-0.2, -0.15) is 4.98 Å². The lowest BCUT2D eigenvalue weighted by atomic mass is 10.1. The molecule has 1 aromatic heterocycles. The number of carbonyl (C=O) groups is 1. The third kappa shape index (κ3) is 7.38. The number of aliphatic carboxylic acids is 1. The van der Waals surface area contributed by atoms with E-state index in [9.17, 15) is 9.59 Å². The van der Waals surface area contributed by atoms with Crippen LogP contribution in [0.3, 0.4) is 0 Å². The molecule has 26 heavy (non-hydrogen) atoms. The number of unbranched alkanes of at least 4 members (excludes halogenated alkanes) is 4. The number of anilines is 1. The first-order valence-corrected chi connectivity index (χ1v) is 8.88. The van der Waals surface area contributed by atoms with Crippen molar-refractivity contribution in [3.05, 3.63) is 58.6 Å². The Kier molecular flexibility index (Phi) is 8.18. The molecule has 0 saturated carbocycles. The van der Waals surface area contributed by atoms with Crippen LogP contribution in [0.4, 0.5) is 5.82 Å². The van der Waals surface area contributed by atoms with E-state index >= 15 is 0 Å². The third-order valence-corrected chi connectivity index (χ3v) is 3.86. The quantitative estimate of drug-likeness (QED) is 0.566. The van der Waals surface area contributed by atoms with Gasteiger partial charge in [0.05, 0.1) is 6.20 Å². The van der Waals surface area contributed by atoms with Crippen LogP contribution in [0.15, 0.2) is 47.4 Å². The molecule has 0 radical (unpaired) electrons. The van der Waals surface area contributed by atoms with E-state index in [0.29, 0.717) is 12.4 Å². The summed E-state index contributed by atoms with van der Waals surface area (Å²) >= 11 is 0. The first kappa shape index (κ1) is 19.5. The molecule has 2 aromatic rings. The Bertz CT molecular complexity index is 731. The van der Waals surface area contributed by atoms with E-state index in [1.54, 1.807) is 12.3 Å². The van der Waals surface area contributed by atoms with Crippen molar-refractivity contribution in [2.75, 3.05) is 11.9 Å². The fraction of sp³-hybridized carbons (Fsp3) is 0.421. The van der Waals surface area contributed by atoms with Crippen LogP contribution >= 0.6 is 0 Å². The van der Waals surface area contributed by atoms with Crippen LogP contribution in [0.25, 0.3) is 0 Å². The summed E-state index contributed by atoms with van der Waals surface area (Å²) in [4.78, 5) is 31.8. The number of aromatic nitrogens is 2. The highest BCUT2D eigenvalue weighted by Gasteiger charge is 2.02. The Morgan fingerprint density at radius 3 is 2.54 bits per heavy atom. The first-order valence-electron chi connectivity index (χ1n) is 8.88. The van der Waals surface area contributed by atoms with Crippen molar-refractivity contribution in [2.45, 2.75) is 45.1 Å². The number of carboxylic acids is 1. The summed E-state index contributed by atoms with van der Waals surface area (Å²) in [5.41, 5.74) is 0.518. The summed E-state index contributed by atoms with van der Waals surface area (Å²) in [6.07, 6.45) is 6.44. The van der Waals surface area contributed by atoms with Gasteiger partial charge in [-0.3, -0.25) is 4.79 Å². The summed E-state index contributed by atoms with van der Waals surface area (Å²) in [5, 5.41) is 11.7. The van der Waals surface area contributed by atoms with Gasteiger partial charge in [0.1, 0.15) is 12.4 Å². The Morgan fingerprint density at radius 1 is 1.08 bits per heavy atom. The van der Waals surface area contributed by atoms with Gasteiger partial charge in [0.15, 0.2) is 0 Å². The molecule has 7 nitrogen and oxygen atoms in total. The Morgan fingerprint density at radius 2 is 1.81 bits per heavy atom. The largest absolute Gasteiger partial charge is 0.481 e. The second-order valence-electron chi connectivity index (χ2n) is 6.02. The highest BCUT2D eigenvalue weighted by molar-refractivity contribution is 5.66. The fourth-order valence-corrected chi connectivity index (χ4v) is 2.45. The predicted octanol–water partition coefficient (Wildman–Crippen LogP) is 2.71. The summed E-state index contributed by atoms with van der Waals surface area (Å²) < 4.78 is 1.13.